The number of rotatable bonds is 2. The van der Waals surface area contributed by atoms with Crippen molar-refractivity contribution in [3.63, 3.8) is 0 Å². The number of ether oxygens (including phenoxy) is 1. The molecule has 1 saturated heterocycles. The van der Waals surface area contributed by atoms with Gasteiger partial charge < -0.3 is 4.74 Å². The number of hydrogen-bond acceptors (Lipinski definition) is 2. The zero-order chi connectivity index (χ0) is 11.6. The lowest BCUT2D eigenvalue weighted by Gasteiger charge is -2.34. The van der Waals surface area contributed by atoms with Crippen molar-refractivity contribution in [2.45, 2.75) is 18.3 Å². The molecule has 1 aromatic rings. The summed E-state index contributed by atoms with van der Waals surface area (Å²) in [5.74, 6) is -0.312. The number of carbonyl (C=O) groups excluding carboxylic acids is 1. The third kappa shape index (κ3) is 1.97. The average Bonchev–Trinajstić information content (AvgIpc) is 2.30. The van der Waals surface area contributed by atoms with E-state index in [4.69, 9.17) is 16.3 Å². The van der Waals surface area contributed by atoms with E-state index in [0.29, 0.717) is 26.1 Å². The van der Waals surface area contributed by atoms with E-state index < -0.39 is 5.41 Å². The summed E-state index contributed by atoms with van der Waals surface area (Å²) in [5, 5.41) is -0.387. The van der Waals surface area contributed by atoms with Gasteiger partial charge in [0.1, 0.15) is 5.82 Å². The van der Waals surface area contributed by atoms with E-state index in [2.05, 4.69) is 0 Å². The monoisotopic (exact) mass is 242 g/mol. The van der Waals surface area contributed by atoms with Crippen LogP contribution in [0.4, 0.5) is 4.39 Å². The smallest absolute Gasteiger partial charge is 0.232 e. The minimum absolute atomic E-state index is 0.312. The van der Waals surface area contributed by atoms with Crippen LogP contribution >= 0.6 is 11.6 Å². The van der Waals surface area contributed by atoms with Crippen molar-refractivity contribution in [3.8, 4) is 0 Å². The maximum Gasteiger partial charge on any atom is 0.232 e. The van der Waals surface area contributed by atoms with E-state index in [1.807, 2.05) is 0 Å². The fraction of sp³-hybridized carbons (Fsp3) is 0.417. The lowest BCUT2D eigenvalue weighted by atomic mass is 9.75. The van der Waals surface area contributed by atoms with E-state index in [0.717, 1.165) is 5.56 Å². The van der Waals surface area contributed by atoms with Gasteiger partial charge in [-0.15, -0.1) is 0 Å². The number of carbonyl (C=O) groups is 1. The average molecular weight is 243 g/mol. The lowest BCUT2D eigenvalue weighted by Crippen LogP contribution is -2.39. The van der Waals surface area contributed by atoms with Crippen LogP contribution in [0.5, 0.6) is 0 Å². The maximum absolute atomic E-state index is 12.8. The first-order valence-corrected chi connectivity index (χ1v) is 5.57. The second kappa shape index (κ2) is 4.52. The molecular formula is C12H12ClFO2. The van der Waals surface area contributed by atoms with Gasteiger partial charge in [0.15, 0.2) is 0 Å². The molecule has 0 bridgehead atoms. The largest absolute Gasteiger partial charge is 0.381 e. The first kappa shape index (κ1) is 11.6. The van der Waals surface area contributed by atoms with Crippen LogP contribution in [0, 0.1) is 5.82 Å². The van der Waals surface area contributed by atoms with E-state index in [-0.39, 0.29) is 11.1 Å². The van der Waals surface area contributed by atoms with Crippen molar-refractivity contribution < 1.29 is 13.9 Å². The Labute approximate surface area is 98.4 Å². The topological polar surface area (TPSA) is 26.3 Å². The van der Waals surface area contributed by atoms with E-state index in [1.54, 1.807) is 12.1 Å². The Morgan fingerprint density at radius 3 is 2.31 bits per heavy atom. The Hall–Kier alpha value is -0.930. The Morgan fingerprint density at radius 2 is 1.81 bits per heavy atom. The summed E-state index contributed by atoms with van der Waals surface area (Å²) in [6.45, 7) is 1.02. The highest BCUT2D eigenvalue weighted by molar-refractivity contribution is 6.65. The highest BCUT2D eigenvalue weighted by Gasteiger charge is 2.40. The molecule has 0 radical (unpaired) electrons. The minimum atomic E-state index is -0.701. The second-order valence-corrected chi connectivity index (χ2v) is 4.32. The van der Waals surface area contributed by atoms with Gasteiger partial charge in [-0.2, -0.15) is 0 Å². The molecule has 0 spiro atoms. The number of benzene rings is 1. The predicted molar refractivity (Wildman–Crippen MR) is 59.0 cm³/mol. The quantitative estimate of drug-likeness (QED) is 0.746. The molecule has 1 fully saturated rings. The van der Waals surface area contributed by atoms with Gasteiger partial charge in [-0.05, 0) is 42.1 Å². The van der Waals surface area contributed by atoms with Gasteiger partial charge in [0, 0.05) is 13.2 Å². The van der Waals surface area contributed by atoms with Gasteiger partial charge >= 0.3 is 0 Å². The van der Waals surface area contributed by atoms with E-state index in [9.17, 15) is 9.18 Å². The van der Waals surface area contributed by atoms with Crippen molar-refractivity contribution >= 4 is 16.8 Å². The normalized spacial score (nSPS) is 19.4. The van der Waals surface area contributed by atoms with Crippen molar-refractivity contribution in [1.82, 2.24) is 0 Å². The SMILES string of the molecule is O=C(Cl)C1(c2ccc(F)cc2)CCOCC1. The molecule has 0 unspecified atom stereocenters. The van der Waals surface area contributed by atoms with Crippen LogP contribution in [-0.4, -0.2) is 18.5 Å². The fourth-order valence-corrected chi connectivity index (χ4v) is 2.39. The van der Waals surface area contributed by atoms with Gasteiger partial charge in [-0.25, -0.2) is 4.39 Å². The van der Waals surface area contributed by atoms with Gasteiger partial charge in [0.25, 0.3) is 0 Å². The molecule has 0 aromatic heterocycles. The van der Waals surface area contributed by atoms with Crippen molar-refractivity contribution in [3.05, 3.63) is 35.6 Å². The molecule has 86 valence electrons. The van der Waals surface area contributed by atoms with Gasteiger partial charge in [0.2, 0.25) is 5.24 Å². The standard InChI is InChI=1S/C12H12ClFO2/c13-11(15)12(5-7-16-8-6-12)9-1-3-10(14)4-2-9/h1-4H,5-8H2. The van der Waals surface area contributed by atoms with Crippen LogP contribution in [0.25, 0.3) is 0 Å². The van der Waals surface area contributed by atoms with Crippen molar-refractivity contribution in [2.24, 2.45) is 0 Å². The van der Waals surface area contributed by atoms with E-state index >= 15 is 0 Å². The molecule has 1 aliphatic heterocycles. The molecule has 1 aromatic carbocycles. The highest BCUT2D eigenvalue weighted by atomic mass is 35.5. The van der Waals surface area contributed by atoms with Gasteiger partial charge in [-0.1, -0.05) is 12.1 Å². The molecule has 16 heavy (non-hydrogen) atoms. The summed E-state index contributed by atoms with van der Waals surface area (Å²) >= 11 is 5.70. The molecule has 1 heterocycles. The molecular weight excluding hydrogens is 231 g/mol. The Kier molecular flexibility index (Phi) is 3.26. The van der Waals surface area contributed by atoms with Crippen LogP contribution in [0.3, 0.4) is 0 Å². The lowest BCUT2D eigenvalue weighted by molar-refractivity contribution is -0.120. The van der Waals surface area contributed by atoms with Crippen LogP contribution in [0.15, 0.2) is 24.3 Å². The first-order valence-electron chi connectivity index (χ1n) is 5.19. The van der Waals surface area contributed by atoms with Gasteiger partial charge in [-0.3, -0.25) is 4.79 Å². The minimum Gasteiger partial charge on any atom is -0.381 e. The molecule has 0 aliphatic carbocycles. The fourth-order valence-electron chi connectivity index (χ4n) is 2.09. The third-order valence-electron chi connectivity index (χ3n) is 3.12. The maximum atomic E-state index is 12.8. The number of hydrogen-bond donors (Lipinski definition) is 0. The molecule has 0 N–H and O–H groups in total. The zero-order valence-electron chi connectivity index (χ0n) is 8.71. The summed E-state index contributed by atoms with van der Waals surface area (Å²) < 4.78 is 18.1. The van der Waals surface area contributed by atoms with E-state index in [1.165, 1.54) is 12.1 Å². The summed E-state index contributed by atoms with van der Waals surface area (Å²) in [6.07, 6.45) is 1.11. The molecule has 1 aliphatic rings. The van der Waals surface area contributed by atoms with Crippen LogP contribution in [0.2, 0.25) is 0 Å². The molecule has 4 heteroatoms. The molecule has 2 nitrogen and oxygen atoms in total. The molecule has 2 rings (SSSR count). The summed E-state index contributed by atoms with van der Waals surface area (Å²) in [5.41, 5.74) is 0.0743. The summed E-state index contributed by atoms with van der Waals surface area (Å²) in [4.78, 5) is 11.6. The van der Waals surface area contributed by atoms with Crippen LogP contribution < -0.4 is 0 Å². The van der Waals surface area contributed by atoms with Crippen molar-refractivity contribution in [1.29, 1.82) is 0 Å². The molecule has 0 amide bonds. The zero-order valence-corrected chi connectivity index (χ0v) is 9.47. The Morgan fingerprint density at radius 1 is 1.25 bits per heavy atom. The third-order valence-corrected chi connectivity index (χ3v) is 3.48. The Bertz CT molecular complexity index is 383. The summed E-state index contributed by atoms with van der Waals surface area (Å²) in [7, 11) is 0. The predicted octanol–water partition coefficient (Wildman–Crippen LogP) is 2.64. The van der Waals surface area contributed by atoms with Gasteiger partial charge in [0.05, 0.1) is 5.41 Å². The van der Waals surface area contributed by atoms with Crippen LogP contribution in [0.1, 0.15) is 18.4 Å². The second-order valence-electron chi connectivity index (χ2n) is 3.98. The van der Waals surface area contributed by atoms with Crippen molar-refractivity contribution in [2.75, 3.05) is 13.2 Å². The molecule has 0 saturated carbocycles. The highest BCUT2D eigenvalue weighted by Crippen LogP contribution is 2.36. The molecule has 0 atom stereocenters. The van der Waals surface area contributed by atoms with Crippen LogP contribution in [-0.2, 0) is 14.9 Å². The summed E-state index contributed by atoms with van der Waals surface area (Å²) in [6, 6.07) is 5.96. The Balaban J connectivity index is 2.38. The number of halogens is 2. The first-order chi connectivity index (χ1) is 7.65.